The van der Waals surface area contributed by atoms with Gasteiger partial charge in [0.2, 0.25) is 11.8 Å². The molecule has 1 fully saturated rings. The number of nitrogens with two attached hydrogens (primary N) is 1. The third-order valence-electron chi connectivity index (χ3n) is 2.46. The van der Waals surface area contributed by atoms with E-state index < -0.39 is 0 Å². The molecule has 6 nitrogen and oxygen atoms in total. The topological polar surface area (TPSA) is 87.5 Å². The van der Waals surface area contributed by atoms with Gasteiger partial charge in [0.25, 0.3) is 0 Å². The fourth-order valence-corrected chi connectivity index (χ4v) is 1.41. The number of amides is 2. The maximum absolute atomic E-state index is 11.4. The summed E-state index contributed by atoms with van der Waals surface area (Å²) in [5.41, 5.74) is 2.08. The minimum atomic E-state index is -0.171. The van der Waals surface area contributed by atoms with Gasteiger partial charge in [-0.15, -0.1) is 0 Å². The second kappa shape index (κ2) is 6.44. The molecule has 6 heteroatoms. The Morgan fingerprint density at radius 2 is 2.06 bits per heavy atom. The average Bonchev–Trinajstić information content (AvgIpc) is 3.01. The van der Waals surface area contributed by atoms with Crippen molar-refractivity contribution in [2.24, 2.45) is 5.84 Å². The van der Waals surface area contributed by atoms with Gasteiger partial charge in [-0.1, -0.05) is 0 Å². The summed E-state index contributed by atoms with van der Waals surface area (Å²) in [5.74, 6) is 4.85. The standard InChI is InChI=1S/C10H20N4O2/c1-14(6-2-3-9(15)13-11)7-10(16)12-8-4-5-8/h8H,2-7,11H2,1H3,(H,12,16)(H,13,15). The largest absolute Gasteiger partial charge is 0.352 e. The molecular weight excluding hydrogens is 208 g/mol. The molecule has 0 atom stereocenters. The Kier molecular flexibility index (Phi) is 5.21. The molecule has 2 amide bonds. The highest BCUT2D eigenvalue weighted by atomic mass is 16.2. The molecule has 1 rings (SSSR count). The molecule has 0 spiro atoms. The van der Waals surface area contributed by atoms with Crippen molar-refractivity contribution < 1.29 is 9.59 Å². The number of carbonyl (C=O) groups excluding carboxylic acids is 2. The quantitative estimate of drug-likeness (QED) is 0.295. The van der Waals surface area contributed by atoms with Gasteiger partial charge in [-0.25, -0.2) is 5.84 Å². The summed E-state index contributed by atoms with van der Waals surface area (Å²) in [5, 5.41) is 2.92. The lowest BCUT2D eigenvalue weighted by molar-refractivity contribution is -0.122. The van der Waals surface area contributed by atoms with Crippen LogP contribution < -0.4 is 16.6 Å². The predicted octanol–water partition coefficient (Wildman–Crippen LogP) is -1.03. The number of hydrazine groups is 1. The lowest BCUT2D eigenvalue weighted by atomic mass is 10.3. The van der Waals surface area contributed by atoms with Gasteiger partial charge in [0.05, 0.1) is 6.54 Å². The van der Waals surface area contributed by atoms with E-state index in [2.05, 4.69) is 10.7 Å². The molecule has 0 bridgehead atoms. The molecule has 16 heavy (non-hydrogen) atoms. The van der Waals surface area contributed by atoms with E-state index in [-0.39, 0.29) is 11.8 Å². The van der Waals surface area contributed by atoms with Gasteiger partial charge in [-0.3, -0.25) is 19.9 Å². The van der Waals surface area contributed by atoms with Crippen molar-refractivity contribution in [2.45, 2.75) is 31.7 Å². The van der Waals surface area contributed by atoms with E-state index in [9.17, 15) is 9.59 Å². The second-order valence-electron chi connectivity index (χ2n) is 4.25. The summed E-state index contributed by atoms with van der Waals surface area (Å²) in [7, 11) is 1.87. The first-order chi connectivity index (χ1) is 7.61. The van der Waals surface area contributed by atoms with Crippen LogP contribution in [0, 0.1) is 0 Å². The molecule has 0 aliphatic heterocycles. The summed E-state index contributed by atoms with van der Waals surface area (Å²) in [6, 6.07) is 0.406. The Bertz CT molecular complexity index is 253. The predicted molar refractivity (Wildman–Crippen MR) is 60.2 cm³/mol. The van der Waals surface area contributed by atoms with Gasteiger partial charge in [0, 0.05) is 12.5 Å². The number of hydrogen-bond acceptors (Lipinski definition) is 4. The van der Waals surface area contributed by atoms with Crippen LogP contribution in [0.15, 0.2) is 0 Å². The summed E-state index contributed by atoms with van der Waals surface area (Å²) in [6.07, 6.45) is 3.31. The van der Waals surface area contributed by atoms with E-state index in [1.807, 2.05) is 11.9 Å². The van der Waals surface area contributed by atoms with E-state index in [0.29, 0.717) is 32.0 Å². The van der Waals surface area contributed by atoms with Crippen molar-refractivity contribution >= 4 is 11.8 Å². The van der Waals surface area contributed by atoms with E-state index >= 15 is 0 Å². The highest BCUT2D eigenvalue weighted by Gasteiger charge is 2.23. The van der Waals surface area contributed by atoms with Crippen LogP contribution in [0.25, 0.3) is 0 Å². The van der Waals surface area contributed by atoms with Crippen molar-refractivity contribution in [3.05, 3.63) is 0 Å². The van der Waals surface area contributed by atoms with Gasteiger partial charge in [0.15, 0.2) is 0 Å². The number of rotatable bonds is 7. The van der Waals surface area contributed by atoms with Crippen LogP contribution in [0.4, 0.5) is 0 Å². The molecule has 1 saturated carbocycles. The summed E-state index contributed by atoms with van der Waals surface area (Å²) < 4.78 is 0. The van der Waals surface area contributed by atoms with E-state index in [1.54, 1.807) is 0 Å². The monoisotopic (exact) mass is 228 g/mol. The molecule has 0 aromatic rings. The first kappa shape index (κ1) is 12.9. The number of nitrogens with one attached hydrogen (secondary N) is 2. The van der Waals surface area contributed by atoms with Crippen LogP contribution in [-0.2, 0) is 9.59 Å². The van der Waals surface area contributed by atoms with Crippen LogP contribution >= 0.6 is 0 Å². The smallest absolute Gasteiger partial charge is 0.234 e. The minimum absolute atomic E-state index is 0.0632. The summed E-state index contributed by atoms with van der Waals surface area (Å²) in [6.45, 7) is 1.10. The number of likely N-dealkylation sites (N-methyl/N-ethyl adjacent to an activating group) is 1. The molecule has 0 heterocycles. The Morgan fingerprint density at radius 3 is 2.62 bits per heavy atom. The Labute approximate surface area is 95.5 Å². The average molecular weight is 228 g/mol. The zero-order chi connectivity index (χ0) is 12.0. The van der Waals surface area contributed by atoms with E-state index in [0.717, 1.165) is 12.8 Å². The molecule has 1 aliphatic rings. The Balaban J connectivity index is 2.02. The molecule has 0 aromatic heterocycles. The maximum atomic E-state index is 11.4. The lowest BCUT2D eigenvalue weighted by Crippen LogP contribution is -2.37. The fraction of sp³-hybridized carbons (Fsp3) is 0.800. The van der Waals surface area contributed by atoms with Gasteiger partial charge < -0.3 is 5.32 Å². The zero-order valence-corrected chi connectivity index (χ0v) is 9.66. The van der Waals surface area contributed by atoms with Crippen molar-refractivity contribution in [2.75, 3.05) is 20.1 Å². The van der Waals surface area contributed by atoms with Crippen LogP contribution in [0.2, 0.25) is 0 Å². The van der Waals surface area contributed by atoms with Crippen LogP contribution in [-0.4, -0.2) is 42.9 Å². The zero-order valence-electron chi connectivity index (χ0n) is 9.66. The molecule has 4 N–H and O–H groups in total. The lowest BCUT2D eigenvalue weighted by Gasteiger charge is -2.15. The Hall–Kier alpha value is -1.14. The molecule has 92 valence electrons. The fourth-order valence-electron chi connectivity index (χ4n) is 1.41. The first-order valence-corrected chi connectivity index (χ1v) is 5.59. The number of hydrogen-bond donors (Lipinski definition) is 3. The van der Waals surface area contributed by atoms with Crippen LogP contribution in [0.1, 0.15) is 25.7 Å². The number of nitrogens with zero attached hydrogens (tertiary/aromatic N) is 1. The second-order valence-corrected chi connectivity index (χ2v) is 4.25. The van der Waals surface area contributed by atoms with Crippen LogP contribution in [0.3, 0.4) is 0 Å². The normalized spacial score (nSPS) is 14.9. The van der Waals surface area contributed by atoms with Gasteiger partial charge in [-0.2, -0.15) is 0 Å². The SMILES string of the molecule is CN(CCCC(=O)NN)CC(=O)NC1CC1. The maximum Gasteiger partial charge on any atom is 0.234 e. The molecule has 0 unspecified atom stereocenters. The van der Waals surface area contributed by atoms with Crippen LogP contribution in [0.5, 0.6) is 0 Å². The van der Waals surface area contributed by atoms with E-state index in [4.69, 9.17) is 5.84 Å². The van der Waals surface area contributed by atoms with Gasteiger partial charge >= 0.3 is 0 Å². The third-order valence-corrected chi connectivity index (χ3v) is 2.46. The first-order valence-electron chi connectivity index (χ1n) is 5.59. The minimum Gasteiger partial charge on any atom is -0.352 e. The molecular formula is C10H20N4O2. The van der Waals surface area contributed by atoms with Crippen molar-refractivity contribution in [1.29, 1.82) is 0 Å². The van der Waals surface area contributed by atoms with Crippen molar-refractivity contribution in [1.82, 2.24) is 15.6 Å². The Morgan fingerprint density at radius 1 is 1.38 bits per heavy atom. The highest BCUT2D eigenvalue weighted by molar-refractivity contribution is 5.78. The third kappa shape index (κ3) is 5.67. The summed E-state index contributed by atoms with van der Waals surface area (Å²) in [4.78, 5) is 24.1. The van der Waals surface area contributed by atoms with Gasteiger partial charge in [0.1, 0.15) is 0 Å². The van der Waals surface area contributed by atoms with E-state index in [1.165, 1.54) is 0 Å². The molecule has 0 saturated heterocycles. The molecule has 0 aromatic carbocycles. The molecule has 0 radical (unpaired) electrons. The van der Waals surface area contributed by atoms with Crippen molar-refractivity contribution in [3.8, 4) is 0 Å². The number of carbonyl (C=O) groups is 2. The summed E-state index contributed by atoms with van der Waals surface area (Å²) >= 11 is 0. The van der Waals surface area contributed by atoms with Crippen molar-refractivity contribution in [3.63, 3.8) is 0 Å². The van der Waals surface area contributed by atoms with Gasteiger partial charge in [-0.05, 0) is 32.9 Å². The highest BCUT2D eigenvalue weighted by Crippen LogP contribution is 2.18. The molecule has 1 aliphatic carbocycles.